The Labute approximate surface area is 173 Å². The van der Waals surface area contributed by atoms with Crippen molar-refractivity contribution < 1.29 is 22.9 Å². The van der Waals surface area contributed by atoms with Crippen LogP contribution >= 0.6 is 0 Å². The molecule has 2 saturated heterocycles. The van der Waals surface area contributed by atoms with Crippen LogP contribution in [0.2, 0.25) is 0 Å². The first-order valence-corrected chi connectivity index (χ1v) is 10.00. The van der Waals surface area contributed by atoms with Crippen molar-refractivity contribution in [3.05, 3.63) is 47.1 Å². The van der Waals surface area contributed by atoms with Gasteiger partial charge >= 0.3 is 0 Å². The first-order valence-electron chi connectivity index (χ1n) is 10.00. The van der Waals surface area contributed by atoms with Crippen molar-refractivity contribution >= 4 is 11.8 Å². The van der Waals surface area contributed by atoms with Crippen molar-refractivity contribution in [2.75, 3.05) is 19.6 Å². The number of nitrogens with zero attached hydrogens (tertiary/aromatic N) is 4. The second-order valence-corrected chi connectivity index (χ2v) is 8.40. The molecule has 0 radical (unpaired) electrons. The van der Waals surface area contributed by atoms with Gasteiger partial charge in [0.2, 0.25) is 5.91 Å². The Kier molecular flexibility index (Phi) is 5.07. The molecule has 1 spiro atoms. The third kappa shape index (κ3) is 3.93. The van der Waals surface area contributed by atoms with Crippen LogP contribution in [0.5, 0.6) is 0 Å². The maximum absolute atomic E-state index is 14.7. The van der Waals surface area contributed by atoms with Gasteiger partial charge in [-0.2, -0.15) is 0 Å². The van der Waals surface area contributed by atoms with Crippen molar-refractivity contribution in [1.29, 1.82) is 0 Å². The lowest BCUT2D eigenvalue weighted by Crippen LogP contribution is -2.61. The maximum Gasteiger partial charge on any atom is 0.276 e. The summed E-state index contributed by atoms with van der Waals surface area (Å²) < 4.78 is 34.4. The molecule has 0 aromatic carbocycles. The Morgan fingerprint density at radius 2 is 2.07 bits per heavy atom. The van der Waals surface area contributed by atoms with E-state index in [-0.39, 0.29) is 24.7 Å². The Bertz CT molecular complexity index is 977. The number of hydrogen-bond donors (Lipinski definition) is 0. The van der Waals surface area contributed by atoms with Crippen LogP contribution in [0.1, 0.15) is 46.9 Å². The molecule has 2 amide bonds. The predicted octanol–water partition coefficient (Wildman–Crippen LogP) is 2.98. The molecule has 2 aliphatic rings. The molecule has 0 aliphatic carbocycles. The van der Waals surface area contributed by atoms with E-state index in [1.807, 2.05) is 25.1 Å². The summed E-state index contributed by atoms with van der Waals surface area (Å²) in [5.74, 6) is -3.73. The highest BCUT2D eigenvalue weighted by Crippen LogP contribution is 2.45. The van der Waals surface area contributed by atoms with Crippen molar-refractivity contribution in [3.8, 4) is 0 Å². The smallest absolute Gasteiger partial charge is 0.276 e. The Morgan fingerprint density at radius 3 is 2.77 bits per heavy atom. The third-order valence-electron chi connectivity index (χ3n) is 5.77. The minimum absolute atomic E-state index is 0.0237. The van der Waals surface area contributed by atoms with Crippen LogP contribution in [0.25, 0.3) is 0 Å². The first-order chi connectivity index (χ1) is 14.2. The fourth-order valence-corrected chi connectivity index (χ4v) is 4.58. The number of amides is 2. The molecule has 2 fully saturated rings. The maximum atomic E-state index is 14.7. The van der Waals surface area contributed by atoms with Crippen LogP contribution in [0.3, 0.4) is 0 Å². The summed E-state index contributed by atoms with van der Waals surface area (Å²) in [6.45, 7) is 3.45. The highest BCUT2D eigenvalue weighted by molar-refractivity contribution is 5.93. The Morgan fingerprint density at radius 1 is 1.27 bits per heavy atom. The van der Waals surface area contributed by atoms with Gasteiger partial charge in [-0.25, -0.2) is 8.78 Å². The molecule has 0 N–H and O–H groups in total. The van der Waals surface area contributed by atoms with E-state index >= 15 is 0 Å². The molecular formula is C21H24F2N4O3. The van der Waals surface area contributed by atoms with E-state index in [0.29, 0.717) is 30.8 Å². The summed E-state index contributed by atoms with van der Waals surface area (Å²) in [4.78, 5) is 33.2. The number of likely N-dealkylation sites (tertiary alicyclic amines) is 2. The van der Waals surface area contributed by atoms with Gasteiger partial charge in [-0.3, -0.25) is 14.6 Å². The molecular weight excluding hydrogens is 394 g/mol. The molecule has 2 aliphatic heterocycles. The molecule has 1 atom stereocenters. The molecule has 2 aromatic rings. The lowest BCUT2D eigenvalue weighted by molar-refractivity contribution is -0.166. The van der Waals surface area contributed by atoms with Gasteiger partial charge in [0.25, 0.3) is 11.8 Å². The predicted molar refractivity (Wildman–Crippen MR) is 103 cm³/mol. The Hall–Kier alpha value is -2.84. The van der Waals surface area contributed by atoms with Crippen molar-refractivity contribution in [2.24, 2.45) is 5.41 Å². The van der Waals surface area contributed by atoms with Gasteiger partial charge in [0.15, 0.2) is 5.69 Å². The monoisotopic (exact) mass is 418 g/mol. The number of rotatable bonds is 3. The van der Waals surface area contributed by atoms with Crippen LogP contribution in [0.15, 0.2) is 28.8 Å². The number of pyridine rings is 1. The van der Waals surface area contributed by atoms with Gasteiger partial charge in [0, 0.05) is 31.3 Å². The fraction of sp³-hybridized carbons (Fsp3) is 0.524. The van der Waals surface area contributed by atoms with Gasteiger partial charge in [0.1, 0.15) is 5.76 Å². The van der Waals surface area contributed by atoms with Crippen molar-refractivity contribution in [3.63, 3.8) is 0 Å². The van der Waals surface area contributed by atoms with E-state index in [4.69, 9.17) is 4.52 Å². The second kappa shape index (κ2) is 7.45. The van der Waals surface area contributed by atoms with E-state index in [2.05, 4.69) is 10.1 Å². The summed E-state index contributed by atoms with van der Waals surface area (Å²) in [6.07, 6.45) is 0.359. The zero-order valence-corrected chi connectivity index (χ0v) is 17.0. The standard InChI is InChI=1S/C21H24F2N4O3/c1-14-5-3-6-16(24-14)10-26-8-4-7-20(19(26)29)11-21(22,23)13-27(12-20)18(28)17-9-15(2)30-25-17/h3,5-6,9H,4,7-8,10-13H2,1-2H3. The number of carbonyl (C=O) groups excluding carboxylic acids is 2. The molecule has 7 nitrogen and oxygen atoms in total. The summed E-state index contributed by atoms with van der Waals surface area (Å²) >= 11 is 0. The van der Waals surface area contributed by atoms with E-state index in [9.17, 15) is 18.4 Å². The highest BCUT2D eigenvalue weighted by atomic mass is 19.3. The zero-order chi connectivity index (χ0) is 21.5. The molecule has 4 rings (SSSR count). The Balaban J connectivity index is 1.59. The topological polar surface area (TPSA) is 79.5 Å². The van der Waals surface area contributed by atoms with E-state index in [1.165, 1.54) is 6.07 Å². The number of carbonyl (C=O) groups is 2. The number of piperidine rings is 2. The van der Waals surface area contributed by atoms with Crippen molar-refractivity contribution in [2.45, 2.75) is 45.6 Å². The van der Waals surface area contributed by atoms with Crippen LogP contribution in [-0.4, -0.2) is 57.3 Å². The van der Waals surface area contributed by atoms with Crippen LogP contribution in [0, 0.1) is 19.3 Å². The van der Waals surface area contributed by atoms with Crippen LogP contribution in [0.4, 0.5) is 8.78 Å². The SMILES string of the molecule is Cc1cccc(CN2CCCC3(CN(C(=O)c4cc(C)on4)CC(F)(F)C3)C2=O)n1. The second-order valence-electron chi connectivity index (χ2n) is 8.40. The molecule has 0 saturated carbocycles. The van der Waals surface area contributed by atoms with Crippen LogP contribution in [-0.2, 0) is 11.3 Å². The fourth-order valence-electron chi connectivity index (χ4n) is 4.58. The summed E-state index contributed by atoms with van der Waals surface area (Å²) in [6, 6.07) is 6.96. The molecule has 4 heterocycles. The lowest BCUT2D eigenvalue weighted by atomic mass is 9.71. The highest BCUT2D eigenvalue weighted by Gasteiger charge is 2.56. The molecule has 0 bridgehead atoms. The average molecular weight is 418 g/mol. The average Bonchev–Trinajstić information content (AvgIpc) is 3.10. The number of aromatic nitrogens is 2. The number of hydrogen-bond acceptors (Lipinski definition) is 5. The summed E-state index contributed by atoms with van der Waals surface area (Å²) in [7, 11) is 0. The quantitative estimate of drug-likeness (QED) is 0.766. The van der Waals surface area contributed by atoms with Gasteiger partial charge in [0.05, 0.1) is 24.2 Å². The number of aryl methyl sites for hydroxylation is 2. The normalized spacial score (nSPS) is 23.8. The number of alkyl halides is 2. The minimum atomic E-state index is -3.16. The van der Waals surface area contributed by atoms with E-state index < -0.39 is 30.2 Å². The minimum Gasteiger partial charge on any atom is -0.361 e. The largest absolute Gasteiger partial charge is 0.361 e. The first kappa shape index (κ1) is 20.4. The molecule has 160 valence electrons. The summed E-state index contributed by atoms with van der Waals surface area (Å²) in [5, 5.41) is 3.66. The zero-order valence-electron chi connectivity index (χ0n) is 17.0. The van der Waals surface area contributed by atoms with Gasteiger partial charge < -0.3 is 14.3 Å². The molecule has 1 unspecified atom stereocenters. The molecule has 2 aromatic heterocycles. The van der Waals surface area contributed by atoms with Gasteiger partial charge in [-0.1, -0.05) is 11.2 Å². The third-order valence-corrected chi connectivity index (χ3v) is 5.77. The molecule has 30 heavy (non-hydrogen) atoms. The number of halogens is 2. The van der Waals surface area contributed by atoms with Crippen molar-refractivity contribution in [1.82, 2.24) is 19.9 Å². The van der Waals surface area contributed by atoms with Gasteiger partial charge in [-0.15, -0.1) is 0 Å². The van der Waals surface area contributed by atoms with E-state index in [1.54, 1.807) is 11.8 Å². The van der Waals surface area contributed by atoms with Crippen LogP contribution < -0.4 is 0 Å². The molecule has 9 heteroatoms. The van der Waals surface area contributed by atoms with Gasteiger partial charge in [-0.05, 0) is 38.8 Å². The summed E-state index contributed by atoms with van der Waals surface area (Å²) in [5.41, 5.74) is 0.215. The lowest BCUT2D eigenvalue weighted by Gasteiger charge is -2.49. The van der Waals surface area contributed by atoms with E-state index in [0.717, 1.165) is 10.6 Å².